The third kappa shape index (κ3) is 5.43. The van der Waals surface area contributed by atoms with Gasteiger partial charge in [0.25, 0.3) is 0 Å². The molecule has 0 aromatic heterocycles. The van der Waals surface area contributed by atoms with Gasteiger partial charge in [-0.05, 0) is 54.8 Å². The largest absolute Gasteiger partial charge is 0.491 e. The van der Waals surface area contributed by atoms with Crippen LogP contribution in [0.5, 0.6) is 17.2 Å². The Morgan fingerprint density at radius 1 is 1.33 bits per heavy atom. The quantitative estimate of drug-likeness (QED) is 0.632. The highest BCUT2D eigenvalue weighted by Gasteiger charge is 2.17. The first-order chi connectivity index (χ1) is 14.5. The first-order valence-electron chi connectivity index (χ1n) is 9.50. The Morgan fingerprint density at radius 2 is 2.17 bits per heavy atom. The highest BCUT2D eigenvalue weighted by atomic mass is 35.5. The van der Waals surface area contributed by atoms with E-state index in [0.29, 0.717) is 65.1 Å². The molecule has 0 spiro atoms. The van der Waals surface area contributed by atoms with Crippen LogP contribution < -0.4 is 19.5 Å². The average molecular weight is 436 g/mol. The van der Waals surface area contributed by atoms with Gasteiger partial charge in [-0.1, -0.05) is 11.6 Å². The second-order valence-electron chi connectivity index (χ2n) is 6.51. The van der Waals surface area contributed by atoms with Crippen LogP contribution in [0.3, 0.4) is 0 Å². The summed E-state index contributed by atoms with van der Waals surface area (Å²) in [5.41, 5.74) is 2.07. The molecule has 0 radical (unpaired) electrons. The molecule has 0 saturated heterocycles. The number of methoxy groups -OCH3 is 1. The maximum Gasteiger partial charge on any atom is 0.244 e. The van der Waals surface area contributed by atoms with Gasteiger partial charge >= 0.3 is 0 Å². The van der Waals surface area contributed by atoms with E-state index in [9.17, 15) is 9.18 Å². The average Bonchev–Trinajstić information content (AvgIpc) is 2.72. The Labute approximate surface area is 179 Å². The van der Waals surface area contributed by atoms with Gasteiger partial charge in [-0.15, -0.1) is 0 Å². The number of benzene rings is 2. The second kappa shape index (κ2) is 10.3. The van der Waals surface area contributed by atoms with Crippen LogP contribution in [0.25, 0.3) is 6.08 Å². The van der Waals surface area contributed by atoms with E-state index >= 15 is 0 Å². The van der Waals surface area contributed by atoms with E-state index in [-0.39, 0.29) is 18.5 Å². The van der Waals surface area contributed by atoms with Gasteiger partial charge in [0, 0.05) is 18.2 Å². The third-order valence-corrected chi connectivity index (χ3v) is 4.69. The molecule has 0 atom stereocenters. The fourth-order valence-electron chi connectivity index (χ4n) is 3.14. The molecule has 30 heavy (non-hydrogen) atoms. The van der Waals surface area contributed by atoms with Crippen molar-refractivity contribution in [2.75, 3.05) is 27.1 Å². The smallest absolute Gasteiger partial charge is 0.244 e. The molecule has 0 bridgehead atoms. The van der Waals surface area contributed by atoms with Gasteiger partial charge in [-0.2, -0.15) is 0 Å². The summed E-state index contributed by atoms with van der Waals surface area (Å²) in [5, 5.41) is 3.17. The van der Waals surface area contributed by atoms with Crippen molar-refractivity contribution in [3.63, 3.8) is 0 Å². The molecule has 0 unspecified atom stereocenters. The van der Waals surface area contributed by atoms with Crippen LogP contribution in [0.4, 0.5) is 4.39 Å². The van der Waals surface area contributed by atoms with E-state index < -0.39 is 0 Å². The Balaban J connectivity index is 1.60. The summed E-state index contributed by atoms with van der Waals surface area (Å²) >= 11 is 6.22. The van der Waals surface area contributed by atoms with E-state index in [0.717, 1.165) is 0 Å². The number of ether oxygens (including phenoxy) is 4. The lowest BCUT2D eigenvalue weighted by Crippen LogP contribution is -2.24. The SMILES string of the molecule is CCOc1cc(C=CC(=O)NCCc2cc(F)cc3c2OCOC3)cc(Cl)c1OC. The molecule has 1 aliphatic rings. The minimum absolute atomic E-state index is 0.134. The normalized spacial score (nSPS) is 12.9. The Hall–Kier alpha value is -2.77. The van der Waals surface area contributed by atoms with Gasteiger partial charge in [0.05, 0.1) is 25.3 Å². The Morgan fingerprint density at radius 3 is 2.93 bits per heavy atom. The number of hydrogen-bond acceptors (Lipinski definition) is 5. The molecule has 1 amide bonds. The van der Waals surface area contributed by atoms with E-state index in [1.807, 2.05) is 6.92 Å². The van der Waals surface area contributed by atoms with Crippen molar-refractivity contribution >= 4 is 23.6 Å². The molecule has 160 valence electrons. The molecule has 0 fully saturated rings. The molecule has 0 saturated carbocycles. The molecule has 6 nitrogen and oxygen atoms in total. The fourth-order valence-corrected chi connectivity index (χ4v) is 3.44. The van der Waals surface area contributed by atoms with E-state index in [1.165, 1.54) is 25.3 Å². The molecule has 1 N–H and O–H groups in total. The van der Waals surface area contributed by atoms with E-state index in [1.54, 1.807) is 18.2 Å². The van der Waals surface area contributed by atoms with Crippen LogP contribution in [0.2, 0.25) is 5.02 Å². The van der Waals surface area contributed by atoms with E-state index in [4.69, 9.17) is 30.5 Å². The lowest BCUT2D eigenvalue weighted by atomic mass is 10.1. The van der Waals surface area contributed by atoms with Crippen LogP contribution in [-0.2, 0) is 22.6 Å². The number of nitrogens with one attached hydrogen (secondary N) is 1. The second-order valence-corrected chi connectivity index (χ2v) is 6.91. The number of carbonyl (C=O) groups excluding carboxylic acids is 1. The van der Waals surface area contributed by atoms with E-state index in [2.05, 4.69) is 5.32 Å². The molecule has 0 aliphatic carbocycles. The van der Waals surface area contributed by atoms with Crippen LogP contribution in [-0.4, -0.2) is 33.0 Å². The molecule has 1 heterocycles. The van der Waals surface area contributed by atoms with Crippen molar-refractivity contribution < 1.29 is 28.1 Å². The number of rotatable bonds is 8. The van der Waals surface area contributed by atoms with Crippen molar-refractivity contribution in [3.05, 3.63) is 57.9 Å². The predicted molar refractivity (Wildman–Crippen MR) is 112 cm³/mol. The van der Waals surface area contributed by atoms with Gasteiger partial charge in [0.2, 0.25) is 5.91 Å². The van der Waals surface area contributed by atoms with Gasteiger partial charge < -0.3 is 24.3 Å². The molecule has 1 aliphatic heterocycles. The standard InChI is InChI=1S/C22H23ClFNO5/c1-3-29-19-9-14(8-18(23)22(19)27-2)4-5-20(26)25-7-6-15-10-17(24)11-16-12-28-13-30-21(15)16/h4-5,8-11H,3,6-7,12-13H2,1-2H3,(H,25,26). The summed E-state index contributed by atoms with van der Waals surface area (Å²) in [6, 6.07) is 6.25. The summed E-state index contributed by atoms with van der Waals surface area (Å²) < 4.78 is 35.2. The predicted octanol–water partition coefficient (Wildman–Crippen LogP) is 4.13. The first kappa shape index (κ1) is 21.9. The monoisotopic (exact) mass is 435 g/mol. The van der Waals surface area contributed by atoms with Gasteiger partial charge in [0.1, 0.15) is 11.6 Å². The third-order valence-electron chi connectivity index (χ3n) is 4.41. The van der Waals surface area contributed by atoms with Crippen LogP contribution in [0, 0.1) is 5.82 Å². The van der Waals surface area contributed by atoms with Crippen molar-refractivity contribution in [2.24, 2.45) is 0 Å². The molecular weight excluding hydrogens is 413 g/mol. The van der Waals surface area contributed by atoms with Crippen molar-refractivity contribution in [1.82, 2.24) is 5.32 Å². The van der Waals surface area contributed by atoms with Crippen LogP contribution >= 0.6 is 11.6 Å². The minimum atomic E-state index is -0.356. The topological polar surface area (TPSA) is 66.0 Å². The minimum Gasteiger partial charge on any atom is -0.491 e. The van der Waals surface area contributed by atoms with Gasteiger partial charge in [0.15, 0.2) is 18.3 Å². The number of fused-ring (bicyclic) bond motifs is 1. The molecule has 3 rings (SSSR count). The highest BCUT2D eigenvalue weighted by Crippen LogP contribution is 2.36. The summed E-state index contributed by atoms with van der Waals surface area (Å²) in [7, 11) is 1.51. The van der Waals surface area contributed by atoms with Crippen molar-refractivity contribution in [1.29, 1.82) is 0 Å². The molecular formula is C22H23ClFNO5. The highest BCUT2D eigenvalue weighted by molar-refractivity contribution is 6.32. The summed E-state index contributed by atoms with van der Waals surface area (Å²) in [6.45, 7) is 3.09. The van der Waals surface area contributed by atoms with Gasteiger partial charge in [-0.25, -0.2) is 4.39 Å². The van der Waals surface area contributed by atoms with Crippen molar-refractivity contribution in [2.45, 2.75) is 20.0 Å². The number of halogens is 2. The fraction of sp³-hybridized carbons (Fsp3) is 0.318. The zero-order chi connectivity index (χ0) is 21.5. The zero-order valence-electron chi connectivity index (χ0n) is 16.8. The zero-order valence-corrected chi connectivity index (χ0v) is 17.6. The first-order valence-corrected chi connectivity index (χ1v) is 9.87. The van der Waals surface area contributed by atoms with Crippen molar-refractivity contribution in [3.8, 4) is 17.2 Å². The molecule has 2 aromatic carbocycles. The number of amides is 1. The lowest BCUT2D eigenvalue weighted by Gasteiger charge is -2.20. The summed E-state index contributed by atoms with van der Waals surface area (Å²) in [5.74, 6) is 0.947. The number of hydrogen-bond donors (Lipinski definition) is 1. The van der Waals surface area contributed by atoms with Gasteiger partial charge in [-0.3, -0.25) is 4.79 Å². The summed E-state index contributed by atoms with van der Waals surface area (Å²) in [4.78, 5) is 12.2. The number of carbonyl (C=O) groups is 1. The van der Waals surface area contributed by atoms with Crippen LogP contribution in [0.15, 0.2) is 30.3 Å². The summed E-state index contributed by atoms with van der Waals surface area (Å²) in [6.07, 6.45) is 3.47. The van der Waals surface area contributed by atoms with Crippen LogP contribution in [0.1, 0.15) is 23.6 Å². The lowest BCUT2D eigenvalue weighted by molar-refractivity contribution is -0.116. The maximum absolute atomic E-state index is 13.8. The Bertz CT molecular complexity index is 948. The molecule has 2 aromatic rings. The Kier molecular flexibility index (Phi) is 7.54. The molecule has 8 heteroatoms. The maximum atomic E-state index is 13.8.